The molecular weight excluding hydrogens is 437 g/mol. The SMILES string of the molecule is COc1cc(CCC(=O)NC2CCN(C(=O)c3ccccc3)CC2)ccc1OCC(F)(F)F. The topological polar surface area (TPSA) is 67.9 Å². The van der Waals surface area contributed by atoms with E-state index in [2.05, 4.69) is 5.32 Å². The highest BCUT2D eigenvalue weighted by atomic mass is 19.4. The highest BCUT2D eigenvalue weighted by molar-refractivity contribution is 5.94. The maximum Gasteiger partial charge on any atom is 0.422 e. The zero-order valence-electron chi connectivity index (χ0n) is 18.4. The zero-order valence-corrected chi connectivity index (χ0v) is 18.4. The molecule has 0 saturated carbocycles. The minimum absolute atomic E-state index is 0.000152. The van der Waals surface area contributed by atoms with E-state index in [1.807, 2.05) is 18.2 Å². The summed E-state index contributed by atoms with van der Waals surface area (Å²) in [5, 5.41) is 3.01. The molecule has 1 saturated heterocycles. The minimum Gasteiger partial charge on any atom is -0.493 e. The lowest BCUT2D eigenvalue weighted by molar-refractivity contribution is -0.153. The van der Waals surface area contributed by atoms with Gasteiger partial charge in [-0.2, -0.15) is 13.2 Å². The molecule has 0 spiro atoms. The Morgan fingerprint density at radius 1 is 1.06 bits per heavy atom. The molecule has 0 aromatic heterocycles. The molecule has 3 rings (SSSR count). The van der Waals surface area contributed by atoms with Crippen LogP contribution >= 0.6 is 0 Å². The number of halogens is 3. The van der Waals surface area contributed by atoms with Gasteiger partial charge in [0.2, 0.25) is 5.91 Å². The fourth-order valence-corrected chi connectivity index (χ4v) is 3.69. The summed E-state index contributed by atoms with van der Waals surface area (Å²) in [7, 11) is 1.35. The molecule has 1 aliphatic heterocycles. The van der Waals surface area contributed by atoms with Crippen LogP contribution in [0.5, 0.6) is 11.5 Å². The summed E-state index contributed by atoms with van der Waals surface area (Å²) in [5.41, 5.74) is 1.41. The molecule has 0 radical (unpaired) electrons. The predicted octanol–water partition coefficient (Wildman–Crippen LogP) is 3.99. The summed E-state index contributed by atoms with van der Waals surface area (Å²) in [6.45, 7) is -0.245. The van der Waals surface area contributed by atoms with Crippen molar-refractivity contribution in [2.75, 3.05) is 26.8 Å². The number of amides is 2. The van der Waals surface area contributed by atoms with Gasteiger partial charge in [-0.1, -0.05) is 24.3 Å². The third kappa shape index (κ3) is 7.40. The van der Waals surface area contributed by atoms with Crippen molar-refractivity contribution in [1.82, 2.24) is 10.2 Å². The van der Waals surface area contributed by atoms with Crippen molar-refractivity contribution >= 4 is 11.8 Å². The number of carbonyl (C=O) groups excluding carboxylic acids is 2. The first-order valence-electron chi connectivity index (χ1n) is 10.8. The second kappa shape index (κ2) is 11.1. The van der Waals surface area contributed by atoms with Crippen molar-refractivity contribution in [1.29, 1.82) is 0 Å². The lowest BCUT2D eigenvalue weighted by Crippen LogP contribution is -2.46. The maximum absolute atomic E-state index is 12.5. The lowest BCUT2D eigenvalue weighted by atomic mass is 10.0. The first-order valence-corrected chi connectivity index (χ1v) is 10.8. The van der Waals surface area contributed by atoms with Gasteiger partial charge in [0, 0.05) is 31.1 Å². The summed E-state index contributed by atoms with van der Waals surface area (Å²) in [4.78, 5) is 26.7. The molecule has 1 heterocycles. The van der Waals surface area contributed by atoms with Crippen LogP contribution in [0.4, 0.5) is 13.2 Å². The molecule has 0 unspecified atom stereocenters. The van der Waals surface area contributed by atoms with Crippen molar-refractivity contribution < 1.29 is 32.2 Å². The molecule has 2 aromatic carbocycles. The summed E-state index contributed by atoms with van der Waals surface area (Å²) in [6, 6.07) is 13.7. The van der Waals surface area contributed by atoms with Crippen LogP contribution in [0.2, 0.25) is 0 Å². The average Bonchev–Trinajstić information content (AvgIpc) is 2.81. The van der Waals surface area contributed by atoms with Crippen molar-refractivity contribution in [3.05, 3.63) is 59.7 Å². The number of benzene rings is 2. The lowest BCUT2D eigenvalue weighted by Gasteiger charge is -2.32. The summed E-state index contributed by atoms with van der Waals surface area (Å²) in [5.74, 6) is 0.0728. The third-order valence-electron chi connectivity index (χ3n) is 5.43. The van der Waals surface area contributed by atoms with Crippen molar-refractivity contribution in [2.45, 2.75) is 37.9 Å². The number of likely N-dealkylation sites (tertiary alicyclic amines) is 1. The molecule has 1 aliphatic rings. The van der Waals surface area contributed by atoms with E-state index in [1.54, 1.807) is 29.2 Å². The predicted molar refractivity (Wildman–Crippen MR) is 116 cm³/mol. The fourth-order valence-electron chi connectivity index (χ4n) is 3.69. The summed E-state index contributed by atoms with van der Waals surface area (Å²) < 4.78 is 47.0. The summed E-state index contributed by atoms with van der Waals surface area (Å²) >= 11 is 0. The van der Waals surface area contributed by atoms with Gasteiger partial charge in [-0.15, -0.1) is 0 Å². The molecule has 0 bridgehead atoms. The van der Waals surface area contributed by atoms with Crippen LogP contribution in [0.15, 0.2) is 48.5 Å². The number of alkyl halides is 3. The number of hydrogen-bond acceptors (Lipinski definition) is 4. The van der Waals surface area contributed by atoms with E-state index in [0.717, 1.165) is 5.56 Å². The van der Waals surface area contributed by atoms with Crippen LogP contribution in [0.1, 0.15) is 35.2 Å². The standard InChI is InChI=1S/C24H27F3N2O4/c1-32-21-15-17(7-9-20(21)33-16-24(25,26)27)8-10-22(30)28-19-11-13-29(14-12-19)23(31)18-5-3-2-4-6-18/h2-7,9,15,19H,8,10-14,16H2,1H3,(H,28,30). The Morgan fingerprint density at radius 3 is 2.39 bits per heavy atom. The molecule has 0 aliphatic carbocycles. The zero-order chi connectivity index (χ0) is 23.8. The van der Waals surface area contributed by atoms with E-state index in [9.17, 15) is 22.8 Å². The van der Waals surface area contributed by atoms with E-state index < -0.39 is 12.8 Å². The largest absolute Gasteiger partial charge is 0.493 e. The number of aryl methyl sites for hydroxylation is 1. The maximum atomic E-state index is 12.5. The van der Waals surface area contributed by atoms with Crippen LogP contribution in [0, 0.1) is 0 Å². The molecule has 1 N–H and O–H groups in total. The molecular formula is C24H27F3N2O4. The second-order valence-corrected chi connectivity index (χ2v) is 7.89. The Labute approximate surface area is 190 Å². The molecule has 1 fully saturated rings. The number of ether oxygens (including phenoxy) is 2. The molecule has 33 heavy (non-hydrogen) atoms. The van der Waals surface area contributed by atoms with Crippen molar-refractivity contribution in [2.24, 2.45) is 0 Å². The van der Waals surface area contributed by atoms with E-state index in [0.29, 0.717) is 37.9 Å². The van der Waals surface area contributed by atoms with Crippen LogP contribution in [0.25, 0.3) is 0 Å². The monoisotopic (exact) mass is 464 g/mol. The average molecular weight is 464 g/mol. The van der Waals surface area contributed by atoms with Crippen LogP contribution < -0.4 is 14.8 Å². The van der Waals surface area contributed by atoms with Gasteiger partial charge in [0.1, 0.15) is 0 Å². The Bertz CT molecular complexity index is 942. The normalized spacial score (nSPS) is 14.6. The van der Waals surface area contributed by atoms with Gasteiger partial charge in [0.25, 0.3) is 5.91 Å². The number of piperidine rings is 1. The first kappa shape index (κ1) is 24.4. The fraction of sp³-hybridized carbons (Fsp3) is 0.417. The third-order valence-corrected chi connectivity index (χ3v) is 5.43. The number of rotatable bonds is 8. The highest BCUT2D eigenvalue weighted by Crippen LogP contribution is 2.30. The van der Waals surface area contributed by atoms with Gasteiger partial charge < -0.3 is 19.7 Å². The van der Waals surface area contributed by atoms with E-state index in [1.165, 1.54) is 13.2 Å². The quantitative estimate of drug-likeness (QED) is 0.642. The number of carbonyl (C=O) groups is 2. The van der Waals surface area contributed by atoms with Gasteiger partial charge in [-0.25, -0.2) is 0 Å². The molecule has 0 atom stereocenters. The van der Waals surface area contributed by atoms with Gasteiger partial charge in [-0.3, -0.25) is 9.59 Å². The van der Waals surface area contributed by atoms with Gasteiger partial charge >= 0.3 is 6.18 Å². The highest BCUT2D eigenvalue weighted by Gasteiger charge is 2.29. The Balaban J connectivity index is 1.44. The van der Waals surface area contributed by atoms with Crippen LogP contribution in [-0.2, 0) is 11.2 Å². The smallest absolute Gasteiger partial charge is 0.422 e. The first-order chi connectivity index (χ1) is 15.7. The second-order valence-electron chi connectivity index (χ2n) is 7.89. The van der Waals surface area contributed by atoms with E-state index in [4.69, 9.17) is 9.47 Å². The van der Waals surface area contributed by atoms with Gasteiger partial charge in [-0.05, 0) is 49.1 Å². The van der Waals surface area contributed by atoms with Gasteiger partial charge in [0.15, 0.2) is 18.1 Å². The Morgan fingerprint density at radius 2 is 1.76 bits per heavy atom. The Kier molecular flexibility index (Phi) is 8.19. The molecule has 178 valence electrons. The molecule has 6 nitrogen and oxygen atoms in total. The van der Waals surface area contributed by atoms with Crippen LogP contribution in [-0.4, -0.2) is 55.7 Å². The number of hydrogen-bond donors (Lipinski definition) is 1. The Hall–Kier alpha value is -3.23. The minimum atomic E-state index is -4.44. The number of nitrogens with zero attached hydrogens (tertiary/aromatic N) is 1. The van der Waals surface area contributed by atoms with E-state index >= 15 is 0 Å². The number of methoxy groups -OCH3 is 1. The van der Waals surface area contributed by atoms with Crippen molar-refractivity contribution in [3.63, 3.8) is 0 Å². The van der Waals surface area contributed by atoms with Crippen LogP contribution in [0.3, 0.4) is 0 Å². The molecule has 9 heteroatoms. The molecule has 2 aromatic rings. The molecule has 2 amide bonds. The number of nitrogens with one attached hydrogen (secondary N) is 1. The summed E-state index contributed by atoms with van der Waals surface area (Å²) in [6.07, 6.45) is -2.43. The van der Waals surface area contributed by atoms with Gasteiger partial charge in [0.05, 0.1) is 7.11 Å². The van der Waals surface area contributed by atoms with E-state index in [-0.39, 0.29) is 35.8 Å². The van der Waals surface area contributed by atoms with Crippen molar-refractivity contribution in [3.8, 4) is 11.5 Å².